The number of para-hydroxylation sites is 2. The van der Waals surface area contributed by atoms with Crippen LogP contribution in [-0.2, 0) is 13.7 Å². The van der Waals surface area contributed by atoms with Crippen LogP contribution in [0.2, 0.25) is 0 Å². The van der Waals surface area contributed by atoms with E-state index >= 15 is 0 Å². The van der Waals surface area contributed by atoms with Gasteiger partial charge in [-0.3, -0.25) is 0 Å². The van der Waals surface area contributed by atoms with E-state index in [1.54, 1.807) is 7.11 Å². The average Bonchev–Trinajstić information content (AvgIpc) is 3.14. The third-order valence-electron chi connectivity index (χ3n) is 5.16. The van der Waals surface area contributed by atoms with Crippen LogP contribution in [0.3, 0.4) is 0 Å². The molecule has 0 aliphatic heterocycles. The summed E-state index contributed by atoms with van der Waals surface area (Å²) in [6.07, 6.45) is 1.81. The standard InChI is InChI=1S/C26H23N3O2/c1-18-8-10-19(11-9-18)17-31-24-13-12-20(15-25(24)30-3)14-21(16-27)26-28-22-6-4-5-7-23(22)29(26)2/h4-15H,17H2,1-3H3/b21-14+. The molecule has 0 atom stereocenters. The minimum atomic E-state index is 0.454. The summed E-state index contributed by atoms with van der Waals surface area (Å²) in [4.78, 5) is 4.63. The summed E-state index contributed by atoms with van der Waals surface area (Å²) in [5, 5.41) is 9.77. The van der Waals surface area contributed by atoms with Gasteiger partial charge in [0, 0.05) is 7.05 Å². The molecule has 5 nitrogen and oxygen atoms in total. The molecule has 31 heavy (non-hydrogen) atoms. The van der Waals surface area contributed by atoms with Crippen LogP contribution >= 0.6 is 0 Å². The number of allylic oxidation sites excluding steroid dienone is 1. The third kappa shape index (κ3) is 4.29. The number of hydrogen-bond acceptors (Lipinski definition) is 4. The predicted molar refractivity (Wildman–Crippen MR) is 123 cm³/mol. The van der Waals surface area contributed by atoms with E-state index in [9.17, 15) is 5.26 Å². The monoisotopic (exact) mass is 409 g/mol. The number of benzene rings is 3. The summed E-state index contributed by atoms with van der Waals surface area (Å²) in [6, 6.07) is 24.0. The van der Waals surface area contributed by atoms with Crippen LogP contribution in [0.4, 0.5) is 0 Å². The van der Waals surface area contributed by atoms with Crippen LogP contribution in [-0.4, -0.2) is 16.7 Å². The molecule has 3 aromatic carbocycles. The molecular formula is C26H23N3O2. The van der Waals surface area contributed by atoms with Crippen molar-refractivity contribution in [3.63, 3.8) is 0 Å². The van der Waals surface area contributed by atoms with Crippen molar-refractivity contribution >= 4 is 22.7 Å². The van der Waals surface area contributed by atoms with E-state index in [-0.39, 0.29) is 0 Å². The number of fused-ring (bicyclic) bond motifs is 1. The number of aromatic nitrogens is 2. The van der Waals surface area contributed by atoms with Gasteiger partial charge in [-0.25, -0.2) is 4.98 Å². The van der Waals surface area contributed by atoms with Gasteiger partial charge in [-0.2, -0.15) is 5.26 Å². The van der Waals surface area contributed by atoms with E-state index in [0.717, 1.165) is 22.2 Å². The van der Waals surface area contributed by atoms with Gasteiger partial charge in [-0.15, -0.1) is 0 Å². The fourth-order valence-corrected chi connectivity index (χ4v) is 3.44. The van der Waals surface area contributed by atoms with E-state index in [0.29, 0.717) is 29.5 Å². The molecule has 0 fully saturated rings. The van der Waals surface area contributed by atoms with Crippen LogP contribution in [0.15, 0.2) is 66.7 Å². The van der Waals surface area contributed by atoms with Crippen molar-refractivity contribution in [2.24, 2.45) is 7.05 Å². The highest BCUT2D eigenvalue weighted by Crippen LogP contribution is 2.31. The normalized spacial score (nSPS) is 11.4. The van der Waals surface area contributed by atoms with Gasteiger partial charge < -0.3 is 14.0 Å². The number of methoxy groups -OCH3 is 1. The zero-order chi connectivity index (χ0) is 21.8. The van der Waals surface area contributed by atoms with Crippen LogP contribution < -0.4 is 9.47 Å². The van der Waals surface area contributed by atoms with E-state index in [1.807, 2.05) is 60.2 Å². The lowest BCUT2D eigenvalue weighted by Crippen LogP contribution is -1.98. The van der Waals surface area contributed by atoms with Crippen LogP contribution in [0.1, 0.15) is 22.5 Å². The molecule has 4 aromatic rings. The second kappa shape index (κ2) is 8.76. The molecule has 0 amide bonds. The lowest BCUT2D eigenvalue weighted by atomic mass is 10.1. The van der Waals surface area contributed by atoms with E-state index in [4.69, 9.17) is 9.47 Å². The Balaban J connectivity index is 1.61. The van der Waals surface area contributed by atoms with Crippen molar-refractivity contribution in [1.82, 2.24) is 9.55 Å². The second-order valence-electron chi connectivity index (χ2n) is 7.34. The molecule has 154 valence electrons. The molecule has 0 aliphatic rings. The molecular weight excluding hydrogens is 386 g/mol. The maximum absolute atomic E-state index is 9.77. The van der Waals surface area contributed by atoms with Crippen LogP contribution in [0.5, 0.6) is 11.5 Å². The first-order valence-electron chi connectivity index (χ1n) is 9.99. The third-order valence-corrected chi connectivity index (χ3v) is 5.16. The average molecular weight is 409 g/mol. The van der Waals surface area contributed by atoms with Gasteiger partial charge in [-0.1, -0.05) is 48.0 Å². The quantitative estimate of drug-likeness (QED) is 0.393. The first-order valence-corrected chi connectivity index (χ1v) is 9.99. The zero-order valence-corrected chi connectivity index (χ0v) is 17.8. The Hall–Kier alpha value is -4.04. The van der Waals surface area contributed by atoms with E-state index in [2.05, 4.69) is 42.2 Å². The van der Waals surface area contributed by atoms with Gasteiger partial charge in [0.15, 0.2) is 17.3 Å². The predicted octanol–water partition coefficient (Wildman–Crippen LogP) is 5.53. The van der Waals surface area contributed by atoms with E-state index < -0.39 is 0 Å². The Morgan fingerprint density at radius 1 is 1.06 bits per heavy atom. The van der Waals surface area contributed by atoms with Crippen molar-refractivity contribution in [1.29, 1.82) is 5.26 Å². The zero-order valence-electron chi connectivity index (χ0n) is 17.8. The Labute approximate surface area is 181 Å². The summed E-state index contributed by atoms with van der Waals surface area (Å²) in [6.45, 7) is 2.51. The maximum atomic E-state index is 9.77. The molecule has 0 saturated heterocycles. The van der Waals surface area contributed by atoms with Crippen molar-refractivity contribution < 1.29 is 9.47 Å². The molecule has 0 radical (unpaired) electrons. The Morgan fingerprint density at radius 3 is 2.55 bits per heavy atom. The minimum absolute atomic E-state index is 0.454. The SMILES string of the molecule is COc1cc(/C=C(\C#N)c2nc3ccccc3n2C)ccc1OCc1ccc(C)cc1. The van der Waals surface area contributed by atoms with Gasteiger partial charge in [0.25, 0.3) is 0 Å². The first-order chi connectivity index (χ1) is 15.1. The number of nitriles is 1. The second-order valence-corrected chi connectivity index (χ2v) is 7.34. The lowest BCUT2D eigenvalue weighted by molar-refractivity contribution is 0.284. The van der Waals surface area contributed by atoms with Crippen molar-refractivity contribution in [2.75, 3.05) is 7.11 Å². The topological polar surface area (TPSA) is 60.1 Å². The minimum Gasteiger partial charge on any atom is -0.493 e. The van der Waals surface area contributed by atoms with Gasteiger partial charge >= 0.3 is 0 Å². The fourth-order valence-electron chi connectivity index (χ4n) is 3.44. The number of ether oxygens (including phenoxy) is 2. The summed E-state index contributed by atoms with van der Waals surface area (Å²) in [7, 11) is 3.52. The largest absolute Gasteiger partial charge is 0.493 e. The molecule has 0 N–H and O–H groups in total. The smallest absolute Gasteiger partial charge is 0.161 e. The number of imidazole rings is 1. The summed E-state index contributed by atoms with van der Waals surface area (Å²) < 4.78 is 13.4. The van der Waals surface area contributed by atoms with Gasteiger partial charge in [-0.05, 0) is 48.4 Å². The van der Waals surface area contributed by atoms with Crippen molar-refractivity contribution in [3.05, 3.63) is 89.2 Å². The summed E-state index contributed by atoms with van der Waals surface area (Å²) in [5.74, 6) is 1.90. The number of aryl methyl sites for hydroxylation is 2. The molecule has 1 aromatic heterocycles. The number of hydrogen-bond donors (Lipinski definition) is 0. The van der Waals surface area contributed by atoms with Crippen molar-refractivity contribution in [2.45, 2.75) is 13.5 Å². The Morgan fingerprint density at radius 2 is 1.84 bits per heavy atom. The fraction of sp³-hybridized carbons (Fsp3) is 0.154. The highest BCUT2D eigenvalue weighted by molar-refractivity contribution is 5.91. The molecule has 0 aliphatic carbocycles. The molecule has 4 rings (SSSR count). The van der Waals surface area contributed by atoms with Crippen LogP contribution in [0.25, 0.3) is 22.7 Å². The lowest BCUT2D eigenvalue weighted by Gasteiger charge is -2.12. The Kier molecular flexibility index (Phi) is 5.72. The summed E-state index contributed by atoms with van der Waals surface area (Å²) in [5.41, 5.74) is 5.46. The molecule has 1 heterocycles. The molecule has 0 unspecified atom stereocenters. The summed E-state index contributed by atoms with van der Waals surface area (Å²) >= 11 is 0. The molecule has 5 heteroatoms. The number of rotatable bonds is 6. The van der Waals surface area contributed by atoms with E-state index in [1.165, 1.54) is 5.56 Å². The molecule has 0 spiro atoms. The van der Waals surface area contributed by atoms with Gasteiger partial charge in [0.1, 0.15) is 12.7 Å². The highest BCUT2D eigenvalue weighted by atomic mass is 16.5. The molecule has 0 saturated carbocycles. The van der Waals surface area contributed by atoms with Gasteiger partial charge in [0.05, 0.1) is 23.7 Å². The highest BCUT2D eigenvalue weighted by Gasteiger charge is 2.13. The Bertz CT molecular complexity index is 1290. The molecule has 0 bridgehead atoms. The first kappa shape index (κ1) is 20.2. The number of nitrogens with zero attached hydrogens (tertiary/aromatic N) is 3. The van der Waals surface area contributed by atoms with Crippen LogP contribution in [0, 0.1) is 18.3 Å². The van der Waals surface area contributed by atoms with Gasteiger partial charge in [0.2, 0.25) is 0 Å². The van der Waals surface area contributed by atoms with Crippen molar-refractivity contribution in [3.8, 4) is 17.6 Å². The maximum Gasteiger partial charge on any atom is 0.161 e.